The van der Waals surface area contributed by atoms with Crippen molar-refractivity contribution in [2.75, 3.05) is 0 Å². The van der Waals surface area contributed by atoms with E-state index in [4.69, 9.17) is 0 Å². The Morgan fingerprint density at radius 1 is 0.833 bits per heavy atom. The Morgan fingerprint density at radius 3 is 2.17 bits per heavy atom. The Hall–Kier alpha value is 0.0400. The largest absolute Gasteiger partial charge is 0.288 e. The number of thioether (sulfide) groups is 2. The molecule has 18 heavy (non-hydrogen) atoms. The van der Waals surface area contributed by atoms with Gasteiger partial charge in [-0.2, -0.15) is 0 Å². The number of hydrogen-bond acceptors (Lipinski definition) is 4. The van der Waals surface area contributed by atoms with E-state index >= 15 is 0 Å². The Kier molecular flexibility index (Phi) is 3.52. The molecule has 3 aliphatic carbocycles. The second-order valence-electron chi connectivity index (χ2n) is 6.07. The Labute approximate surface area is 117 Å². The smallest absolute Gasteiger partial charge is 0.186 e. The third-order valence-corrected chi connectivity index (χ3v) is 7.24. The molecule has 3 saturated carbocycles. The molecule has 2 nitrogen and oxygen atoms in total. The van der Waals surface area contributed by atoms with Crippen molar-refractivity contribution in [3.05, 3.63) is 0 Å². The van der Waals surface area contributed by atoms with Crippen LogP contribution in [0.4, 0.5) is 0 Å². The van der Waals surface area contributed by atoms with Gasteiger partial charge in [-0.15, -0.1) is 0 Å². The van der Waals surface area contributed by atoms with Gasteiger partial charge < -0.3 is 0 Å². The highest BCUT2D eigenvalue weighted by molar-refractivity contribution is 8.14. The molecule has 6 atom stereocenters. The van der Waals surface area contributed by atoms with Gasteiger partial charge in [-0.05, 0) is 49.4 Å². The summed E-state index contributed by atoms with van der Waals surface area (Å²) in [7, 11) is 0. The van der Waals surface area contributed by atoms with Crippen LogP contribution >= 0.6 is 23.5 Å². The summed E-state index contributed by atoms with van der Waals surface area (Å²) in [6.07, 6.45) is 5.05. The average Bonchev–Trinajstić information content (AvgIpc) is 2.85. The molecule has 0 heterocycles. The van der Waals surface area contributed by atoms with Crippen molar-refractivity contribution in [2.24, 2.45) is 23.7 Å². The summed E-state index contributed by atoms with van der Waals surface area (Å²) in [6.45, 7) is 3.37. The molecule has 0 amide bonds. The highest BCUT2D eigenvalue weighted by atomic mass is 32.2. The first kappa shape index (κ1) is 13.0. The summed E-state index contributed by atoms with van der Waals surface area (Å²) in [5.41, 5.74) is 0. The van der Waals surface area contributed by atoms with E-state index in [0.717, 1.165) is 23.7 Å². The fourth-order valence-corrected chi connectivity index (χ4v) is 7.00. The van der Waals surface area contributed by atoms with E-state index in [9.17, 15) is 9.59 Å². The second-order valence-corrected chi connectivity index (χ2v) is 8.97. The molecule has 0 radical (unpaired) electrons. The van der Waals surface area contributed by atoms with Crippen LogP contribution in [0.5, 0.6) is 0 Å². The maximum atomic E-state index is 11.3. The lowest BCUT2D eigenvalue weighted by Gasteiger charge is -2.30. The predicted octanol–water partition coefficient (Wildman–Crippen LogP) is 3.35. The van der Waals surface area contributed by atoms with E-state index in [-0.39, 0.29) is 10.2 Å². The molecular formula is C14H20O2S2. The molecule has 0 spiro atoms. The van der Waals surface area contributed by atoms with Crippen molar-refractivity contribution < 1.29 is 9.59 Å². The highest BCUT2D eigenvalue weighted by Gasteiger charge is 2.56. The van der Waals surface area contributed by atoms with Crippen molar-refractivity contribution in [1.29, 1.82) is 0 Å². The van der Waals surface area contributed by atoms with Crippen LogP contribution in [0.3, 0.4) is 0 Å². The van der Waals surface area contributed by atoms with Crippen molar-refractivity contribution in [2.45, 2.75) is 50.0 Å². The van der Waals surface area contributed by atoms with Gasteiger partial charge in [0.2, 0.25) is 0 Å². The van der Waals surface area contributed by atoms with Gasteiger partial charge in [-0.3, -0.25) is 9.59 Å². The SMILES string of the molecule is CC(=O)SC1CC2C3CC(SC(C)=O)C(C3)C2C1. The first-order valence-electron chi connectivity index (χ1n) is 6.89. The summed E-state index contributed by atoms with van der Waals surface area (Å²) in [5.74, 6) is 3.26. The van der Waals surface area contributed by atoms with Crippen LogP contribution < -0.4 is 0 Å². The minimum atomic E-state index is 0.266. The molecule has 0 aliphatic heterocycles. The summed E-state index contributed by atoms with van der Waals surface area (Å²) in [5, 5.41) is 1.68. The molecule has 3 rings (SSSR count). The third kappa shape index (κ3) is 2.26. The first-order valence-corrected chi connectivity index (χ1v) is 8.65. The van der Waals surface area contributed by atoms with Crippen LogP contribution in [0.1, 0.15) is 39.5 Å². The van der Waals surface area contributed by atoms with Gasteiger partial charge in [0.1, 0.15) is 0 Å². The molecule has 0 aromatic carbocycles. The topological polar surface area (TPSA) is 34.1 Å². The third-order valence-electron chi connectivity index (χ3n) is 5.01. The minimum absolute atomic E-state index is 0.266. The maximum Gasteiger partial charge on any atom is 0.186 e. The molecule has 6 unspecified atom stereocenters. The predicted molar refractivity (Wildman–Crippen MR) is 76.5 cm³/mol. The molecule has 2 bridgehead atoms. The lowest BCUT2D eigenvalue weighted by Crippen LogP contribution is -2.26. The van der Waals surface area contributed by atoms with E-state index in [2.05, 4.69) is 0 Å². The average molecular weight is 284 g/mol. The van der Waals surface area contributed by atoms with Crippen LogP contribution in [-0.2, 0) is 9.59 Å². The zero-order valence-corrected chi connectivity index (χ0v) is 12.6. The van der Waals surface area contributed by atoms with E-state index in [1.807, 2.05) is 0 Å². The normalized spacial score (nSPS) is 45.2. The quantitative estimate of drug-likeness (QED) is 0.779. The number of carbonyl (C=O) groups excluding carboxylic acids is 2. The van der Waals surface area contributed by atoms with Gasteiger partial charge in [0, 0.05) is 24.3 Å². The zero-order chi connectivity index (χ0) is 12.9. The number of hydrogen-bond donors (Lipinski definition) is 0. The lowest BCUT2D eigenvalue weighted by atomic mass is 9.81. The van der Waals surface area contributed by atoms with E-state index in [1.165, 1.54) is 25.7 Å². The Morgan fingerprint density at radius 2 is 1.50 bits per heavy atom. The van der Waals surface area contributed by atoms with Crippen LogP contribution in [0.2, 0.25) is 0 Å². The van der Waals surface area contributed by atoms with Gasteiger partial charge in [0.25, 0.3) is 0 Å². The fraction of sp³-hybridized carbons (Fsp3) is 0.857. The zero-order valence-electron chi connectivity index (χ0n) is 10.9. The lowest BCUT2D eigenvalue weighted by molar-refractivity contribution is -0.110. The molecule has 0 aromatic heterocycles. The molecule has 0 saturated heterocycles. The van der Waals surface area contributed by atoms with Crippen LogP contribution in [0.25, 0.3) is 0 Å². The summed E-state index contributed by atoms with van der Waals surface area (Å²) >= 11 is 3.13. The molecule has 0 aromatic rings. The van der Waals surface area contributed by atoms with Crippen molar-refractivity contribution in [3.8, 4) is 0 Å². The van der Waals surface area contributed by atoms with Gasteiger partial charge in [-0.1, -0.05) is 23.5 Å². The standard InChI is InChI=1S/C14H20O2S2/c1-7(15)17-10-5-11-9-3-13(12(11)6-10)14(4-9)18-8(2)16/h9-14H,3-6H2,1-2H3. The van der Waals surface area contributed by atoms with Crippen molar-refractivity contribution in [1.82, 2.24) is 0 Å². The van der Waals surface area contributed by atoms with Crippen molar-refractivity contribution >= 4 is 33.8 Å². The summed E-state index contributed by atoms with van der Waals surface area (Å²) < 4.78 is 0. The Bertz CT molecular complexity index is 382. The molecule has 3 fully saturated rings. The maximum absolute atomic E-state index is 11.3. The van der Waals surface area contributed by atoms with Crippen molar-refractivity contribution in [3.63, 3.8) is 0 Å². The Balaban J connectivity index is 1.65. The summed E-state index contributed by atoms with van der Waals surface area (Å²) in [4.78, 5) is 22.5. The van der Waals surface area contributed by atoms with Gasteiger partial charge in [0.15, 0.2) is 10.2 Å². The number of fused-ring (bicyclic) bond motifs is 5. The minimum Gasteiger partial charge on any atom is -0.288 e. The first-order chi connectivity index (χ1) is 8.54. The van der Waals surface area contributed by atoms with E-state index < -0.39 is 0 Å². The highest BCUT2D eigenvalue weighted by Crippen LogP contribution is 2.62. The number of carbonyl (C=O) groups is 2. The molecular weight excluding hydrogens is 264 g/mol. The second kappa shape index (κ2) is 4.86. The molecule has 4 heteroatoms. The van der Waals surface area contributed by atoms with E-state index in [1.54, 1.807) is 37.4 Å². The summed E-state index contributed by atoms with van der Waals surface area (Å²) in [6, 6.07) is 0. The molecule has 3 aliphatic rings. The van der Waals surface area contributed by atoms with E-state index in [0.29, 0.717) is 10.5 Å². The van der Waals surface area contributed by atoms with Gasteiger partial charge in [0.05, 0.1) is 0 Å². The van der Waals surface area contributed by atoms with Gasteiger partial charge >= 0.3 is 0 Å². The fourth-order valence-electron chi connectivity index (χ4n) is 4.64. The molecule has 100 valence electrons. The van der Waals surface area contributed by atoms with Gasteiger partial charge in [-0.25, -0.2) is 0 Å². The van der Waals surface area contributed by atoms with Crippen LogP contribution in [0.15, 0.2) is 0 Å². The monoisotopic (exact) mass is 284 g/mol. The molecule has 0 N–H and O–H groups in total. The number of rotatable bonds is 2. The van der Waals surface area contributed by atoms with Crippen LogP contribution in [-0.4, -0.2) is 20.7 Å². The van der Waals surface area contributed by atoms with Crippen LogP contribution in [0, 0.1) is 23.7 Å².